The number of aromatic nitrogens is 4. The van der Waals surface area contributed by atoms with Crippen LogP contribution in [0.5, 0.6) is 0 Å². The first-order chi connectivity index (χ1) is 13.5. The number of hydrogen-bond acceptors (Lipinski definition) is 8. The van der Waals surface area contributed by atoms with Crippen molar-refractivity contribution in [3.63, 3.8) is 0 Å². The van der Waals surface area contributed by atoms with Crippen LogP contribution >= 0.6 is 0 Å². The minimum atomic E-state index is -1.39. The standard InChI is InChI=1S/C18H24N6O4/c1-3-5-6-7-8-10-22-15(19)11-16(23-10)24(9-21-11)18-13(26)12(25)14(28-18)17(27)20-4-2/h9,12-14,18,25-26H,3-6H2,1-2H3,(H,20,27)(H2,19,22,23)/t12?,13-,14-,18+/m1/s1. The summed E-state index contributed by atoms with van der Waals surface area (Å²) in [7, 11) is 0. The molecular weight excluding hydrogens is 364 g/mol. The minimum Gasteiger partial charge on any atom is -0.387 e. The number of nitrogen functional groups attached to an aromatic ring is 1. The summed E-state index contributed by atoms with van der Waals surface area (Å²) in [5.41, 5.74) is 6.60. The fourth-order valence-corrected chi connectivity index (χ4v) is 2.97. The number of imidazole rings is 1. The summed E-state index contributed by atoms with van der Waals surface area (Å²) >= 11 is 0. The summed E-state index contributed by atoms with van der Waals surface area (Å²) in [4.78, 5) is 24.7. The zero-order chi connectivity index (χ0) is 20.3. The molecule has 0 bridgehead atoms. The number of aliphatic hydroxyl groups excluding tert-OH is 2. The van der Waals surface area contributed by atoms with Gasteiger partial charge in [0.25, 0.3) is 5.91 Å². The molecule has 1 amide bonds. The van der Waals surface area contributed by atoms with Crippen molar-refractivity contribution < 1.29 is 19.7 Å². The van der Waals surface area contributed by atoms with Crippen LogP contribution in [-0.2, 0) is 9.53 Å². The Morgan fingerprint density at radius 2 is 2.14 bits per heavy atom. The number of hydrogen-bond donors (Lipinski definition) is 4. The van der Waals surface area contributed by atoms with E-state index >= 15 is 0 Å². The van der Waals surface area contributed by atoms with E-state index in [0.29, 0.717) is 17.7 Å². The van der Waals surface area contributed by atoms with Gasteiger partial charge in [-0.3, -0.25) is 9.36 Å². The molecule has 0 aliphatic carbocycles. The maximum absolute atomic E-state index is 12.1. The van der Waals surface area contributed by atoms with Gasteiger partial charge in [0.1, 0.15) is 17.7 Å². The predicted octanol–water partition coefficient (Wildman–Crippen LogP) is -0.294. The second-order valence-corrected chi connectivity index (χ2v) is 6.48. The zero-order valence-corrected chi connectivity index (χ0v) is 15.8. The maximum Gasteiger partial charge on any atom is 0.252 e. The van der Waals surface area contributed by atoms with E-state index in [0.717, 1.165) is 19.3 Å². The van der Waals surface area contributed by atoms with Crippen LogP contribution in [-0.4, -0.2) is 60.5 Å². The molecule has 150 valence electrons. The van der Waals surface area contributed by atoms with Gasteiger partial charge in [-0.2, -0.15) is 0 Å². The van der Waals surface area contributed by atoms with Crippen LogP contribution in [0.1, 0.15) is 45.2 Å². The molecule has 10 nitrogen and oxygen atoms in total. The lowest BCUT2D eigenvalue weighted by molar-refractivity contribution is -0.137. The molecule has 2 aromatic heterocycles. The first kappa shape index (κ1) is 20.0. The third kappa shape index (κ3) is 3.77. The van der Waals surface area contributed by atoms with Gasteiger partial charge in [-0.25, -0.2) is 15.0 Å². The molecule has 5 N–H and O–H groups in total. The average Bonchev–Trinajstić information content (AvgIpc) is 3.21. The number of amides is 1. The molecule has 28 heavy (non-hydrogen) atoms. The van der Waals surface area contributed by atoms with Crippen molar-refractivity contribution in [2.24, 2.45) is 0 Å². The number of unbranched alkanes of at least 4 members (excludes halogenated alkanes) is 2. The number of carbonyl (C=O) groups excluding carboxylic acids is 1. The van der Waals surface area contributed by atoms with Gasteiger partial charge in [0.05, 0.1) is 6.33 Å². The van der Waals surface area contributed by atoms with Crippen LogP contribution in [0.25, 0.3) is 11.2 Å². The third-order valence-corrected chi connectivity index (χ3v) is 4.43. The topological polar surface area (TPSA) is 148 Å². The molecule has 3 rings (SSSR count). The van der Waals surface area contributed by atoms with Crippen LogP contribution in [0.4, 0.5) is 5.82 Å². The Labute approximate surface area is 162 Å². The zero-order valence-electron chi connectivity index (χ0n) is 15.8. The Morgan fingerprint density at radius 3 is 2.86 bits per heavy atom. The number of fused-ring (bicyclic) bond motifs is 1. The van der Waals surface area contributed by atoms with Crippen molar-refractivity contribution in [3.8, 4) is 11.8 Å². The Balaban J connectivity index is 1.93. The fourth-order valence-electron chi connectivity index (χ4n) is 2.97. The Hall–Kier alpha value is -2.74. The van der Waals surface area contributed by atoms with Gasteiger partial charge in [-0.05, 0) is 19.3 Å². The maximum atomic E-state index is 12.1. The number of ether oxygens (including phenoxy) is 1. The van der Waals surface area contributed by atoms with Crippen LogP contribution in [0.3, 0.4) is 0 Å². The molecule has 1 aliphatic rings. The second-order valence-electron chi connectivity index (χ2n) is 6.48. The summed E-state index contributed by atoms with van der Waals surface area (Å²) in [6.45, 7) is 4.21. The predicted molar refractivity (Wildman–Crippen MR) is 101 cm³/mol. The molecule has 0 radical (unpaired) electrons. The number of nitrogens with two attached hydrogens (primary N) is 1. The molecule has 0 aromatic carbocycles. The number of nitrogens with zero attached hydrogens (tertiary/aromatic N) is 4. The second kappa shape index (κ2) is 8.52. The van der Waals surface area contributed by atoms with Gasteiger partial charge >= 0.3 is 0 Å². The van der Waals surface area contributed by atoms with E-state index in [9.17, 15) is 15.0 Å². The van der Waals surface area contributed by atoms with Gasteiger partial charge in [0.2, 0.25) is 5.82 Å². The summed E-state index contributed by atoms with van der Waals surface area (Å²) in [5.74, 6) is 5.75. The van der Waals surface area contributed by atoms with Gasteiger partial charge in [0.15, 0.2) is 23.8 Å². The molecule has 1 fully saturated rings. The van der Waals surface area contributed by atoms with Crippen LogP contribution in [0.15, 0.2) is 6.33 Å². The van der Waals surface area contributed by atoms with Crippen molar-refractivity contribution >= 4 is 22.9 Å². The molecule has 4 atom stereocenters. The van der Waals surface area contributed by atoms with Crippen molar-refractivity contribution in [2.45, 2.75) is 57.6 Å². The fraction of sp³-hybridized carbons (Fsp3) is 0.556. The number of likely N-dealkylation sites (N-methyl/N-ethyl adjacent to an activating group) is 1. The van der Waals surface area contributed by atoms with Gasteiger partial charge in [0, 0.05) is 13.0 Å². The monoisotopic (exact) mass is 388 g/mol. The number of anilines is 1. The van der Waals surface area contributed by atoms with E-state index in [2.05, 4.69) is 39.0 Å². The highest BCUT2D eigenvalue weighted by molar-refractivity contribution is 5.83. The van der Waals surface area contributed by atoms with Crippen LogP contribution < -0.4 is 11.1 Å². The lowest BCUT2D eigenvalue weighted by Gasteiger charge is -2.16. The number of aliphatic hydroxyl groups is 2. The third-order valence-electron chi connectivity index (χ3n) is 4.43. The highest BCUT2D eigenvalue weighted by Crippen LogP contribution is 2.32. The highest BCUT2D eigenvalue weighted by Gasteiger charge is 2.47. The Bertz CT molecular complexity index is 918. The molecular formula is C18H24N6O4. The number of nitrogens with one attached hydrogen (secondary N) is 1. The molecule has 0 spiro atoms. The highest BCUT2D eigenvalue weighted by atomic mass is 16.6. The molecule has 0 saturated carbocycles. The smallest absolute Gasteiger partial charge is 0.252 e. The molecule has 1 aliphatic heterocycles. The van der Waals surface area contributed by atoms with E-state index in [1.165, 1.54) is 10.9 Å². The van der Waals surface area contributed by atoms with Crippen LogP contribution in [0, 0.1) is 11.8 Å². The van der Waals surface area contributed by atoms with E-state index in [1.807, 2.05) is 0 Å². The van der Waals surface area contributed by atoms with Crippen molar-refractivity contribution in [1.29, 1.82) is 0 Å². The summed E-state index contributed by atoms with van der Waals surface area (Å²) in [6, 6.07) is 0. The minimum absolute atomic E-state index is 0.150. The summed E-state index contributed by atoms with van der Waals surface area (Å²) in [6.07, 6.45) is -0.874. The van der Waals surface area contributed by atoms with Gasteiger partial charge in [-0.1, -0.05) is 19.3 Å². The SMILES string of the molecule is CCCCC#Cc1nc(N)c2ncn([C@H]3O[C@@H](C(=O)NCC)C(O)[C@H]3O)c2n1. The van der Waals surface area contributed by atoms with Crippen molar-refractivity contribution in [1.82, 2.24) is 24.8 Å². The van der Waals surface area contributed by atoms with E-state index < -0.39 is 30.4 Å². The average molecular weight is 388 g/mol. The molecule has 3 heterocycles. The molecule has 2 aromatic rings. The number of rotatable bonds is 5. The van der Waals surface area contributed by atoms with Crippen LogP contribution in [0.2, 0.25) is 0 Å². The summed E-state index contributed by atoms with van der Waals surface area (Å²) in [5, 5.41) is 23.2. The molecule has 1 unspecified atom stereocenters. The Kier molecular flexibility index (Phi) is 6.08. The summed E-state index contributed by atoms with van der Waals surface area (Å²) < 4.78 is 7.05. The van der Waals surface area contributed by atoms with E-state index in [4.69, 9.17) is 10.5 Å². The van der Waals surface area contributed by atoms with Crippen molar-refractivity contribution in [2.75, 3.05) is 12.3 Å². The van der Waals surface area contributed by atoms with Gasteiger partial charge in [-0.15, -0.1) is 0 Å². The largest absolute Gasteiger partial charge is 0.387 e. The first-order valence-electron chi connectivity index (χ1n) is 9.26. The number of carbonyl (C=O) groups is 1. The Morgan fingerprint density at radius 1 is 1.36 bits per heavy atom. The first-order valence-corrected chi connectivity index (χ1v) is 9.26. The van der Waals surface area contributed by atoms with Crippen molar-refractivity contribution in [3.05, 3.63) is 12.2 Å². The quantitative estimate of drug-likeness (QED) is 0.403. The normalized spacial score (nSPS) is 24.1. The van der Waals surface area contributed by atoms with E-state index in [-0.39, 0.29) is 11.6 Å². The molecule has 1 saturated heterocycles. The van der Waals surface area contributed by atoms with Gasteiger partial charge < -0.3 is 26.0 Å². The molecule has 10 heteroatoms. The lowest BCUT2D eigenvalue weighted by Crippen LogP contribution is -2.42. The van der Waals surface area contributed by atoms with E-state index in [1.54, 1.807) is 6.92 Å². The lowest BCUT2D eigenvalue weighted by atomic mass is 10.1.